The fourth-order valence-electron chi connectivity index (χ4n) is 6.46. The van der Waals surface area contributed by atoms with Gasteiger partial charge in [-0.2, -0.15) is 0 Å². The zero-order chi connectivity index (χ0) is 32.6. The van der Waals surface area contributed by atoms with E-state index in [4.69, 9.17) is 18.9 Å². The summed E-state index contributed by atoms with van der Waals surface area (Å²) in [5.41, 5.74) is 2.75. The predicted octanol–water partition coefficient (Wildman–Crippen LogP) is 11.9. The Kier molecular flexibility index (Phi) is 16.8. The molecule has 4 heteroatoms. The minimum absolute atomic E-state index is 0.172. The van der Waals surface area contributed by atoms with Gasteiger partial charge in [0.05, 0.1) is 13.2 Å². The minimum Gasteiger partial charge on any atom is -0.465 e. The van der Waals surface area contributed by atoms with Crippen LogP contribution in [0.1, 0.15) is 149 Å². The normalized spacial score (nSPS) is 24.4. The Morgan fingerprint density at radius 1 is 0.556 bits per heavy atom. The van der Waals surface area contributed by atoms with Crippen molar-refractivity contribution in [3.63, 3.8) is 0 Å². The van der Waals surface area contributed by atoms with Gasteiger partial charge in [-0.05, 0) is 117 Å². The highest BCUT2D eigenvalue weighted by Gasteiger charge is 2.20. The van der Waals surface area contributed by atoms with E-state index >= 15 is 0 Å². The summed E-state index contributed by atoms with van der Waals surface area (Å²) in [7, 11) is 0. The smallest absolute Gasteiger partial charge is 0.196 e. The number of hydrogen-bond acceptors (Lipinski definition) is 4. The molecule has 0 spiro atoms. The molecule has 2 saturated carbocycles. The van der Waals surface area contributed by atoms with Gasteiger partial charge in [0.1, 0.15) is 11.5 Å². The van der Waals surface area contributed by atoms with Gasteiger partial charge >= 0.3 is 0 Å². The average molecular weight is 623 g/mol. The van der Waals surface area contributed by atoms with Gasteiger partial charge in [-0.25, -0.2) is 0 Å². The molecule has 0 bridgehead atoms. The molecule has 4 rings (SSSR count). The second kappa shape index (κ2) is 20.3. The molecule has 45 heavy (non-hydrogen) atoms. The Morgan fingerprint density at radius 3 is 1.38 bits per heavy atom. The molecule has 2 aliphatic carbocycles. The lowest BCUT2D eigenvalue weighted by Crippen LogP contribution is -2.23. The highest BCUT2D eigenvalue weighted by atomic mass is 16.7. The van der Waals surface area contributed by atoms with Gasteiger partial charge < -0.3 is 18.9 Å². The standard InChI is InChI=1S/C21H34O2.C20H32O2/c1-5-17(3)20-10-12-21(13-11-20)23-18(4)22-15-14-19-8-6-16(2)7-9-19;1-5-16(3)19-10-12-20(13-11-19)22-17(4)21-14-18-8-6-15(2)7-9-18/h10-13,16-19H,5-9,14-15H2,1-4H3;10-13,15-18H,5-9,14H2,1-4H3. The highest BCUT2D eigenvalue weighted by molar-refractivity contribution is 5.30. The largest absolute Gasteiger partial charge is 0.465 e. The maximum Gasteiger partial charge on any atom is 0.196 e. The monoisotopic (exact) mass is 622 g/mol. The lowest BCUT2D eigenvalue weighted by molar-refractivity contribution is -0.0830. The van der Waals surface area contributed by atoms with Crippen LogP contribution in [-0.4, -0.2) is 25.8 Å². The van der Waals surface area contributed by atoms with Crippen molar-refractivity contribution in [2.24, 2.45) is 23.7 Å². The van der Waals surface area contributed by atoms with E-state index in [-0.39, 0.29) is 12.6 Å². The van der Waals surface area contributed by atoms with Crippen molar-refractivity contribution in [1.82, 2.24) is 0 Å². The average Bonchev–Trinajstić information content (AvgIpc) is 3.05. The molecular formula is C41H66O4. The first-order chi connectivity index (χ1) is 21.7. The van der Waals surface area contributed by atoms with Crippen molar-refractivity contribution >= 4 is 0 Å². The fourth-order valence-corrected chi connectivity index (χ4v) is 6.46. The van der Waals surface area contributed by atoms with E-state index in [0.717, 1.165) is 48.4 Å². The zero-order valence-corrected chi connectivity index (χ0v) is 30.1. The van der Waals surface area contributed by atoms with Crippen LogP contribution in [0.4, 0.5) is 0 Å². The van der Waals surface area contributed by atoms with Gasteiger partial charge in [0.15, 0.2) is 12.6 Å². The van der Waals surface area contributed by atoms with Crippen LogP contribution in [0.15, 0.2) is 48.5 Å². The molecule has 4 unspecified atom stereocenters. The topological polar surface area (TPSA) is 36.9 Å². The van der Waals surface area contributed by atoms with E-state index in [2.05, 4.69) is 90.1 Å². The van der Waals surface area contributed by atoms with Gasteiger partial charge in [-0.15, -0.1) is 0 Å². The molecule has 0 aromatic heterocycles. The molecule has 0 saturated heterocycles. The Bertz CT molecular complexity index is 1020. The van der Waals surface area contributed by atoms with Crippen LogP contribution < -0.4 is 9.47 Å². The van der Waals surface area contributed by atoms with E-state index in [1.165, 1.54) is 81.8 Å². The van der Waals surface area contributed by atoms with E-state index in [1.54, 1.807) is 0 Å². The molecule has 2 aromatic rings. The second-order valence-corrected chi connectivity index (χ2v) is 14.4. The highest BCUT2D eigenvalue weighted by Crippen LogP contribution is 2.31. The van der Waals surface area contributed by atoms with Gasteiger partial charge in [0, 0.05) is 0 Å². The van der Waals surface area contributed by atoms with Crippen LogP contribution in [0, 0.1) is 23.7 Å². The first-order valence-electron chi connectivity index (χ1n) is 18.4. The summed E-state index contributed by atoms with van der Waals surface area (Å²) in [5, 5.41) is 0. The van der Waals surface area contributed by atoms with Crippen LogP contribution in [0.3, 0.4) is 0 Å². The van der Waals surface area contributed by atoms with Crippen molar-refractivity contribution in [1.29, 1.82) is 0 Å². The third-order valence-corrected chi connectivity index (χ3v) is 10.4. The van der Waals surface area contributed by atoms with Crippen LogP contribution >= 0.6 is 0 Å². The van der Waals surface area contributed by atoms with E-state index in [1.807, 2.05) is 13.8 Å². The maximum atomic E-state index is 5.90. The van der Waals surface area contributed by atoms with Gasteiger partial charge in [-0.1, -0.05) is 104 Å². The van der Waals surface area contributed by atoms with E-state index < -0.39 is 0 Å². The van der Waals surface area contributed by atoms with Crippen molar-refractivity contribution < 1.29 is 18.9 Å². The summed E-state index contributed by atoms with van der Waals surface area (Å²) >= 11 is 0. The van der Waals surface area contributed by atoms with E-state index in [0.29, 0.717) is 11.8 Å². The third kappa shape index (κ3) is 14.1. The van der Waals surface area contributed by atoms with Gasteiger partial charge in [0.25, 0.3) is 0 Å². The van der Waals surface area contributed by atoms with Crippen molar-refractivity contribution in [2.45, 2.75) is 150 Å². The Hall–Kier alpha value is -2.04. The molecule has 0 heterocycles. The summed E-state index contributed by atoms with van der Waals surface area (Å²) in [6, 6.07) is 16.9. The van der Waals surface area contributed by atoms with Crippen molar-refractivity contribution in [2.75, 3.05) is 13.2 Å². The first-order valence-corrected chi connectivity index (χ1v) is 18.4. The number of rotatable bonds is 15. The summed E-state index contributed by atoms with van der Waals surface area (Å²) in [6.07, 6.45) is 14.0. The SMILES string of the molecule is CCC(C)c1ccc(OC(C)OCC2CCC(C)CC2)cc1.CCC(C)c1ccc(OC(C)OCCC2CCC(C)CC2)cc1. The summed E-state index contributed by atoms with van der Waals surface area (Å²) in [5.74, 6) is 6.41. The molecule has 0 radical (unpaired) electrons. The molecular weight excluding hydrogens is 556 g/mol. The van der Waals surface area contributed by atoms with Crippen LogP contribution in [0.2, 0.25) is 0 Å². The number of ether oxygens (including phenoxy) is 4. The van der Waals surface area contributed by atoms with Crippen LogP contribution in [0.25, 0.3) is 0 Å². The van der Waals surface area contributed by atoms with Crippen LogP contribution in [0.5, 0.6) is 11.5 Å². The molecule has 2 fully saturated rings. The predicted molar refractivity (Wildman–Crippen MR) is 189 cm³/mol. The van der Waals surface area contributed by atoms with Crippen molar-refractivity contribution in [3.8, 4) is 11.5 Å². The van der Waals surface area contributed by atoms with Crippen LogP contribution in [-0.2, 0) is 9.47 Å². The Labute approximate surface area is 277 Å². The molecule has 2 aromatic carbocycles. The summed E-state index contributed by atoms with van der Waals surface area (Å²) < 4.78 is 23.5. The molecule has 4 nitrogen and oxygen atoms in total. The first kappa shape index (κ1) is 37.4. The quantitative estimate of drug-likeness (QED) is 0.185. The zero-order valence-electron chi connectivity index (χ0n) is 30.1. The van der Waals surface area contributed by atoms with E-state index in [9.17, 15) is 0 Å². The summed E-state index contributed by atoms with van der Waals surface area (Å²) in [4.78, 5) is 0. The summed E-state index contributed by atoms with van der Waals surface area (Å²) in [6.45, 7) is 19.3. The fraction of sp³-hybridized carbons (Fsp3) is 0.707. The number of benzene rings is 2. The maximum absolute atomic E-state index is 5.90. The number of hydrogen-bond donors (Lipinski definition) is 0. The molecule has 0 amide bonds. The molecule has 4 atom stereocenters. The molecule has 0 N–H and O–H groups in total. The van der Waals surface area contributed by atoms with Crippen molar-refractivity contribution in [3.05, 3.63) is 59.7 Å². The Morgan fingerprint density at radius 2 is 0.956 bits per heavy atom. The minimum atomic E-state index is -0.174. The molecule has 254 valence electrons. The third-order valence-electron chi connectivity index (χ3n) is 10.4. The lowest BCUT2D eigenvalue weighted by Gasteiger charge is -2.27. The molecule has 0 aliphatic heterocycles. The van der Waals surface area contributed by atoms with Gasteiger partial charge in [0.2, 0.25) is 0 Å². The molecule has 2 aliphatic rings. The van der Waals surface area contributed by atoms with Gasteiger partial charge in [-0.3, -0.25) is 0 Å². The second-order valence-electron chi connectivity index (χ2n) is 14.4. The lowest BCUT2D eigenvalue weighted by atomic mass is 9.82. The Balaban J connectivity index is 0.000000246.